The highest BCUT2D eigenvalue weighted by molar-refractivity contribution is 7.15. The minimum atomic E-state index is -0.391. The highest BCUT2D eigenvalue weighted by Gasteiger charge is 2.41. The van der Waals surface area contributed by atoms with E-state index < -0.39 is 5.41 Å². The summed E-state index contributed by atoms with van der Waals surface area (Å²) < 4.78 is 5.03. The van der Waals surface area contributed by atoms with Crippen molar-refractivity contribution < 1.29 is 9.53 Å². The summed E-state index contributed by atoms with van der Waals surface area (Å²) in [4.78, 5) is 11.8. The van der Waals surface area contributed by atoms with E-state index >= 15 is 0 Å². The third-order valence-corrected chi connectivity index (χ3v) is 3.36. The first-order valence-electron chi connectivity index (χ1n) is 4.85. The van der Waals surface area contributed by atoms with Gasteiger partial charge in [0.25, 0.3) is 0 Å². The smallest absolute Gasteiger partial charge is 0.236 e. The average Bonchev–Trinajstić information content (AvgIpc) is 2.61. The van der Waals surface area contributed by atoms with Gasteiger partial charge in [0.05, 0.1) is 18.6 Å². The van der Waals surface area contributed by atoms with Gasteiger partial charge in [-0.25, -0.2) is 0 Å². The maximum atomic E-state index is 11.8. The summed E-state index contributed by atoms with van der Waals surface area (Å²) in [5, 5.41) is 12.1. The van der Waals surface area contributed by atoms with E-state index in [0.717, 1.165) is 11.4 Å². The van der Waals surface area contributed by atoms with Crippen LogP contribution in [0.15, 0.2) is 0 Å². The lowest BCUT2D eigenvalue weighted by molar-refractivity contribution is -0.151. The van der Waals surface area contributed by atoms with E-state index in [4.69, 9.17) is 4.74 Å². The lowest BCUT2D eigenvalue weighted by Gasteiger charge is -2.35. The highest BCUT2D eigenvalue weighted by atomic mass is 32.1. The number of nitrogens with zero attached hydrogens (tertiary/aromatic N) is 2. The molecule has 2 rings (SSSR count). The summed E-state index contributed by atoms with van der Waals surface area (Å²) in [5.41, 5.74) is -0.391. The lowest BCUT2D eigenvalue weighted by Crippen LogP contribution is -2.49. The molecule has 0 radical (unpaired) electrons. The minimum absolute atomic E-state index is 0.0347. The fraction of sp³-hybridized carbons (Fsp3) is 0.667. The Hall–Kier alpha value is -1.01. The molecule has 5 nitrogen and oxygen atoms in total. The number of aromatic nitrogens is 2. The molecule has 0 spiro atoms. The topological polar surface area (TPSA) is 64.1 Å². The van der Waals surface area contributed by atoms with Gasteiger partial charge in [0.2, 0.25) is 11.0 Å². The molecule has 1 fully saturated rings. The molecule has 0 unspecified atom stereocenters. The molecule has 1 saturated heterocycles. The van der Waals surface area contributed by atoms with Gasteiger partial charge in [-0.15, -0.1) is 10.2 Å². The Morgan fingerprint density at radius 3 is 2.80 bits per heavy atom. The molecule has 1 aromatic heterocycles. The molecule has 1 aliphatic rings. The number of hydrogen-bond donors (Lipinski definition) is 1. The molecular formula is C9H13N3O2S. The Morgan fingerprint density at radius 1 is 1.60 bits per heavy atom. The maximum absolute atomic E-state index is 11.8. The Labute approximate surface area is 91.9 Å². The van der Waals surface area contributed by atoms with E-state index in [9.17, 15) is 4.79 Å². The van der Waals surface area contributed by atoms with Crippen LogP contribution < -0.4 is 5.32 Å². The monoisotopic (exact) mass is 227 g/mol. The molecule has 1 amide bonds. The molecule has 15 heavy (non-hydrogen) atoms. The maximum Gasteiger partial charge on any atom is 0.236 e. The second-order valence-corrected chi connectivity index (χ2v) is 4.92. The number of carbonyl (C=O) groups excluding carboxylic acids is 1. The van der Waals surface area contributed by atoms with E-state index in [0.29, 0.717) is 18.3 Å². The molecule has 2 heterocycles. The summed E-state index contributed by atoms with van der Waals surface area (Å²) in [6, 6.07) is 0. The second-order valence-electron chi connectivity index (χ2n) is 3.86. The van der Waals surface area contributed by atoms with E-state index in [1.54, 1.807) is 0 Å². The molecular weight excluding hydrogens is 214 g/mol. The van der Waals surface area contributed by atoms with Crippen LogP contribution in [-0.4, -0.2) is 29.3 Å². The number of ether oxygens (including phenoxy) is 1. The molecule has 6 heteroatoms. The fourth-order valence-electron chi connectivity index (χ4n) is 1.23. The number of rotatable bonds is 3. The zero-order chi connectivity index (χ0) is 10.9. The first kappa shape index (κ1) is 10.5. The van der Waals surface area contributed by atoms with Crippen molar-refractivity contribution in [3.05, 3.63) is 5.01 Å². The number of hydrogen-bond acceptors (Lipinski definition) is 5. The minimum Gasteiger partial charge on any atom is -0.379 e. The standard InChI is InChI=1S/C9H13N3O2S/c1-3-6-11-12-8(15-6)10-7(13)9(2)4-14-5-9/h3-5H2,1-2H3,(H,10,12,13). The van der Waals surface area contributed by atoms with Gasteiger partial charge in [-0.05, 0) is 13.3 Å². The van der Waals surface area contributed by atoms with Crippen molar-refractivity contribution in [3.8, 4) is 0 Å². The number of carbonyl (C=O) groups is 1. The lowest BCUT2D eigenvalue weighted by atomic mass is 9.88. The summed E-state index contributed by atoms with van der Waals surface area (Å²) >= 11 is 1.42. The van der Waals surface area contributed by atoms with Gasteiger partial charge in [-0.2, -0.15) is 0 Å². The summed E-state index contributed by atoms with van der Waals surface area (Å²) in [6.07, 6.45) is 0.841. The molecule has 0 aromatic carbocycles. The summed E-state index contributed by atoms with van der Waals surface area (Å²) in [6.45, 7) is 4.86. The van der Waals surface area contributed by atoms with Crippen molar-refractivity contribution in [3.63, 3.8) is 0 Å². The average molecular weight is 227 g/mol. The van der Waals surface area contributed by atoms with Crippen LogP contribution in [0.25, 0.3) is 0 Å². The molecule has 0 bridgehead atoms. The molecule has 1 N–H and O–H groups in total. The molecule has 0 saturated carbocycles. The predicted octanol–water partition coefficient (Wildman–Crippen LogP) is 1.08. The molecule has 0 aliphatic carbocycles. The third-order valence-electron chi connectivity index (χ3n) is 2.38. The van der Waals surface area contributed by atoms with Crippen LogP contribution in [0.1, 0.15) is 18.9 Å². The summed E-state index contributed by atoms with van der Waals surface area (Å²) in [7, 11) is 0. The fourth-order valence-corrected chi connectivity index (χ4v) is 1.91. The number of anilines is 1. The predicted molar refractivity (Wildman–Crippen MR) is 56.8 cm³/mol. The van der Waals surface area contributed by atoms with E-state index in [-0.39, 0.29) is 5.91 Å². The van der Waals surface area contributed by atoms with Crippen molar-refractivity contribution in [2.75, 3.05) is 18.5 Å². The largest absolute Gasteiger partial charge is 0.379 e. The molecule has 0 atom stereocenters. The number of nitrogens with one attached hydrogen (secondary N) is 1. The van der Waals surface area contributed by atoms with Gasteiger partial charge in [0.1, 0.15) is 5.01 Å². The van der Waals surface area contributed by atoms with Gasteiger partial charge in [0.15, 0.2) is 0 Å². The van der Waals surface area contributed by atoms with Crippen molar-refractivity contribution >= 4 is 22.4 Å². The number of amides is 1. The second kappa shape index (κ2) is 3.86. The van der Waals surface area contributed by atoms with Gasteiger partial charge >= 0.3 is 0 Å². The van der Waals surface area contributed by atoms with Crippen LogP contribution in [-0.2, 0) is 16.0 Å². The highest BCUT2D eigenvalue weighted by Crippen LogP contribution is 2.28. The molecule has 1 aliphatic heterocycles. The number of aryl methyl sites for hydroxylation is 1. The van der Waals surface area contributed by atoms with Crippen molar-refractivity contribution in [2.45, 2.75) is 20.3 Å². The molecule has 1 aromatic rings. The third kappa shape index (κ3) is 2.00. The van der Waals surface area contributed by atoms with Gasteiger partial charge in [-0.1, -0.05) is 18.3 Å². The van der Waals surface area contributed by atoms with Crippen LogP contribution in [0, 0.1) is 5.41 Å². The van der Waals surface area contributed by atoms with E-state index in [1.165, 1.54) is 11.3 Å². The first-order chi connectivity index (χ1) is 7.14. The van der Waals surface area contributed by atoms with Crippen LogP contribution in [0.4, 0.5) is 5.13 Å². The first-order valence-corrected chi connectivity index (χ1v) is 5.67. The SMILES string of the molecule is CCc1nnc(NC(=O)C2(C)COC2)s1. The van der Waals surface area contributed by atoms with Crippen molar-refractivity contribution in [1.29, 1.82) is 0 Å². The van der Waals surface area contributed by atoms with Gasteiger partial charge in [0, 0.05) is 0 Å². The normalized spacial score (nSPS) is 18.3. The van der Waals surface area contributed by atoms with E-state index in [1.807, 2.05) is 13.8 Å². The van der Waals surface area contributed by atoms with Gasteiger partial charge < -0.3 is 4.74 Å². The van der Waals surface area contributed by atoms with Crippen LogP contribution in [0.2, 0.25) is 0 Å². The Kier molecular flexibility index (Phi) is 2.70. The van der Waals surface area contributed by atoms with Crippen LogP contribution >= 0.6 is 11.3 Å². The zero-order valence-corrected chi connectivity index (χ0v) is 9.56. The Balaban J connectivity index is 1.99. The van der Waals surface area contributed by atoms with Crippen molar-refractivity contribution in [2.24, 2.45) is 5.41 Å². The molecule has 82 valence electrons. The summed E-state index contributed by atoms with van der Waals surface area (Å²) in [5.74, 6) is -0.0347. The Morgan fingerprint density at radius 2 is 2.33 bits per heavy atom. The quantitative estimate of drug-likeness (QED) is 0.839. The zero-order valence-electron chi connectivity index (χ0n) is 8.74. The van der Waals surface area contributed by atoms with E-state index in [2.05, 4.69) is 15.5 Å². The van der Waals surface area contributed by atoms with Crippen molar-refractivity contribution in [1.82, 2.24) is 10.2 Å². The Bertz CT molecular complexity index is 373. The van der Waals surface area contributed by atoms with Gasteiger partial charge in [-0.3, -0.25) is 10.1 Å². The van der Waals surface area contributed by atoms with Crippen LogP contribution in [0.5, 0.6) is 0 Å². The van der Waals surface area contributed by atoms with Crippen LogP contribution in [0.3, 0.4) is 0 Å².